The molecule has 0 atom stereocenters. The van der Waals surface area contributed by atoms with E-state index in [-0.39, 0.29) is 16.7 Å². The standard InChI is InChI=1S/C21H14O6/c22-17(12-7-3-1-4-8-12)14-11-15(21(26)27)20(25)16(19(14)24)18(23)13-9-5-2-6-10-13/h1-11,24-25H,(H,26,27). The Labute approximate surface area is 154 Å². The highest BCUT2D eigenvalue weighted by Gasteiger charge is 2.29. The van der Waals surface area contributed by atoms with E-state index in [9.17, 15) is 29.7 Å². The first kappa shape index (κ1) is 17.9. The van der Waals surface area contributed by atoms with E-state index in [1.807, 2.05) is 0 Å². The van der Waals surface area contributed by atoms with Crippen LogP contribution in [0.5, 0.6) is 11.5 Å². The van der Waals surface area contributed by atoms with Gasteiger partial charge in [-0.3, -0.25) is 9.59 Å². The summed E-state index contributed by atoms with van der Waals surface area (Å²) in [5.41, 5.74) is -1.32. The van der Waals surface area contributed by atoms with E-state index in [2.05, 4.69) is 0 Å². The summed E-state index contributed by atoms with van der Waals surface area (Å²) < 4.78 is 0. The van der Waals surface area contributed by atoms with Crippen molar-refractivity contribution in [3.8, 4) is 11.5 Å². The molecule has 6 heteroatoms. The molecule has 0 aliphatic carbocycles. The lowest BCUT2D eigenvalue weighted by Crippen LogP contribution is -2.11. The minimum absolute atomic E-state index is 0.128. The van der Waals surface area contributed by atoms with Crippen molar-refractivity contribution >= 4 is 17.5 Å². The van der Waals surface area contributed by atoms with E-state index in [4.69, 9.17) is 0 Å². The van der Waals surface area contributed by atoms with Crippen molar-refractivity contribution in [2.24, 2.45) is 0 Å². The van der Waals surface area contributed by atoms with Crippen LogP contribution in [0, 0.1) is 0 Å². The van der Waals surface area contributed by atoms with Gasteiger partial charge in [-0.05, 0) is 6.07 Å². The molecule has 0 heterocycles. The van der Waals surface area contributed by atoms with Gasteiger partial charge >= 0.3 is 5.97 Å². The molecule has 0 bridgehead atoms. The highest BCUT2D eigenvalue weighted by Crippen LogP contribution is 2.37. The molecule has 0 amide bonds. The monoisotopic (exact) mass is 362 g/mol. The maximum absolute atomic E-state index is 12.7. The molecule has 3 aromatic carbocycles. The summed E-state index contributed by atoms with van der Waals surface area (Å²) in [5, 5.41) is 30.2. The van der Waals surface area contributed by atoms with Gasteiger partial charge in [0.15, 0.2) is 5.78 Å². The Hall–Kier alpha value is -3.93. The summed E-state index contributed by atoms with van der Waals surface area (Å²) in [6.45, 7) is 0. The fraction of sp³-hybridized carbons (Fsp3) is 0. The minimum Gasteiger partial charge on any atom is -0.506 e. The van der Waals surface area contributed by atoms with Gasteiger partial charge in [-0.25, -0.2) is 4.79 Å². The second-order valence-corrected chi connectivity index (χ2v) is 5.74. The number of carboxylic acid groups (broad SMARTS) is 1. The van der Waals surface area contributed by atoms with Gasteiger partial charge in [-0.2, -0.15) is 0 Å². The van der Waals surface area contributed by atoms with Gasteiger partial charge < -0.3 is 15.3 Å². The molecule has 0 aromatic heterocycles. The normalized spacial score (nSPS) is 10.4. The van der Waals surface area contributed by atoms with Crippen molar-refractivity contribution < 1.29 is 29.7 Å². The van der Waals surface area contributed by atoms with Crippen LogP contribution in [0.2, 0.25) is 0 Å². The van der Waals surface area contributed by atoms with Crippen LogP contribution in [0.25, 0.3) is 0 Å². The summed E-state index contributed by atoms with van der Waals surface area (Å²) in [5.74, 6) is -4.65. The molecule has 3 aromatic rings. The predicted octanol–water partition coefficient (Wildman–Crippen LogP) is 3.26. The number of ketones is 2. The van der Waals surface area contributed by atoms with Gasteiger partial charge in [-0.1, -0.05) is 60.7 Å². The van der Waals surface area contributed by atoms with E-state index in [0.29, 0.717) is 0 Å². The fourth-order valence-electron chi connectivity index (χ4n) is 2.69. The number of hydrogen-bond acceptors (Lipinski definition) is 5. The number of rotatable bonds is 5. The minimum atomic E-state index is -1.53. The van der Waals surface area contributed by atoms with Crippen LogP contribution in [-0.4, -0.2) is 32.9 Å². The number of phenolic OH excluding ortho intramolecular Hbond substituents is 1. The number of aromatic carboxylic acids is 1. The zero-order valence-electron chi connectivity index (χ0n) is 13.9. The third kappa shape index (κ3) is 3.28. The van der Waals surface area contributed by atoms with Crippen molar-refractivity contribution in [3.63, 3.8) is 0 Å². The average molecular weight is 362 g/mol. The molecule has 0 aliphatic heterocycles. The Balaban J connectivity index is 2.25. The van der Waals surface area contributed by atoms with E-state index >= 15 is 0 Å². The molecule has 27 heavy (non-hydrogen) atoms. The fourth-order valence-corrected chi connectivity index (χ4v) is 2.69. The number of benzene rings is 3. The smallest absolute Gasteiger partial charge is 0.339 e. The van der Waals surface area contributed by atoms with Gasteiger partial charge in [0, 0.05) is 11.1 Å². The number of carbonyl (C=O) groups excluding carboxylic acids is 2. The molecule has 3 N–H and O–H groups in total. The van der Waals surface area contributed by atoms with Crippen LogP contribution >= 0.6 is 0 Å². The summed E-state index contributed by atoms with van der Waals surface area (Å²) in [7, 11) is 0. The van der Waals surface area contributed by atoms with Crippen LogP contribution in [0.1, 0.15) is 42.2 Å². The van der Waals surface area contributed by atoms with Gasteiger partial charge in [-0.15, -0.1) is 0 Å². The third-order valence-electron chi connectivity index (χ3n) is 4.05. The summed E-state index contributed by atoms with van der Waals surface area (Å²) in [4.78, 5) is 37.0. The maximum Gasteiger partial charge on any atom is 0.339 e. The van der Waals surface area contributed by atoms with Crippen molar-refractivity contribution in [3.05, 3.63) is 94.5 Å². The molecule has 0 unspecified atom stereocenters. The number of carbonyl (C=O) groups is 3. The van der Waals surface area contributed by atoms with Crippen molar-refractivity contribution in [1.29, 1.82) is 0 Å². The predicted molar refractivity (Wildman–Crippen MR) is 96.5 cm³/mol. The van der Waals surface area contributed by atoms with E-state index in [1.165, 1.54) is 24.3 Å². The molecular weight excluding hydrogens is 348 g/mol. The summed E-state index contributed by atoms with van der Waals surface area (Å²) >= 11 is 0. The largest absolute Gasteiger partial charge is 0.506 e. The molecule has 0 aliphatic rings. The zero-order valence-corrected chi connectivity index (χ0v) is 13.9. The van der Waals surface area contributed by atoms with Gasteiger partial charge in [0.05, 0.1) is 5.56 Å². The Bertz CT molecular complexity index is 1040. The number of hydrogen-bond donors (Lipinski definition) is 3. The molecule has 0 saturated heterocycles. The molecular formula is C21H14O6. The lowest BCUT2D eigenvalue weighted by Gasteiger charge is -2.13. The first-order chi connectivity index (χ1) is 12.9. The lowest BCUT2D eigenvalue weighted by atomic mass is 9.92. The van der Waals surface area contributed by atoms with E-state index in [1.54, 1.807) is 36.4 Å². The van der Waals surface area contributed by atoms with Crippen LogP contribution in [-0.2, 0) is 0 Å². The van der Waals surface area contributed by atoms with Crippen LogP contribution in [0.3, 0.4) is 0 Å². The van der Waals surface area contributed by atoms with Crippen LogP contribution in [0.15, 0.2) is 66.7 Å². The molecule has 134 valence electrons. The summed E-state index contributed by atoms with van der Waals surface area (Å²) in [6.07, 6.45) is 0. The topological polar surface area (TPSA) is 112 Å². The van der Waals surface area contributed by atoms with Crippen molar-refractivity contribution in [1.82, 2.24) is 0 Å². The molecule has 0 radical (unpaired) electrons. The van der Waals surface area contributed by atoms with E-state index in [0.717, 1.165) is 6.07 Å². The van der Waals surface area contributed by atoms with Gasteiger partial charge in [0.25, 0.3) is 0 Å². The molecule has 3 rings (SSSR count). The van der Waals surface area contributed by atoms with Crippen molar-refractivity contribution in [2.75, 3.05) is 0 Å². The highest BCUT2D eigenvalue weighted by molar-refractivity contribution is 6.19. The van der Waals surface area contributed by atoms with Crippen molar-refractivity contribution in [2.45, 2.75) is 0 Å². The van der Waals surface area contributed by atoms with Crippen LogP contribution < -0.4 is 0 Å². The highest BCUT2D eigenvalue weighted by atomic mass is 16.4. The molecule has 0 spiro atoms. The second kappa shape index (κ2) is 7.13. The first-order valence-electron chi connectivity index (χ1n) is 7.93. The quantitative estimate of drug-likeness (QED) is 0.601. The zero-order chi connectivity index (χ0) is 19.6. The Morgan fingerprint density at radius 3 is 1.56 bits per heavy atom. The van der Waals surface area contributed by atoms with Gasteiger partial charge in [0.2, 0.25) is 5.78 Å². The summed E-state index contributed by atoms with van der Waals surface area (Å²) in [6, 6.07) is 16.5. The number of carboxylic acids is 1. The molecule has 0 saturated carbocycles. The van der Waals surface area contributed by atoms with Crippen LogP contribution in [0.4, 0.5) is 0 Å². The number of phenols is 2. The SMILES string of the molecule is O=C(O)c1cc(C(=O)c2ccccc2)c(O)c(C(=O)c2ccccc2)c1O. The molecule has 0 fully saturated rings. The Morgan fingerprint density at radius 2 is 1.07 bits per heavy atom. The Kier molecular flexibility index (Phi) is 4.72. The first-order valence-corrected chi connectivity index (χ1v) is 7.93. The van der Waals surface area contributed by atoms with Gasteiger partial charge in [0.1, 0.15) is 22.6 Å². The van der Waals surface area contributed by atoms with E-state index < -0.39 is 40.2 Å². The molecule has 6 nitrogen and oxygen atoms in total. The average Bonchev–Trinajstić information content (AvgIpc) is 2.68. The second-order valence-electron chi connectivity index (χ2n) is 5.74. The Morgan fingerprint density at radius 1 is 0.630 bits per heavy atom. The number of aromatic hydroxyl groups is 2. The maximum atomic E-state index is 12.7. The lowest BCUT2D eigenvalue weighted by molar-refractivity contribution is 0.0693. The third-order valence-corrected chi connectivity index (χ3v) is 4.05.